The molecule has 0 saturated heterocycles. The van der Waals surface area contributed by atoms with Crippen LogP contribution < -0.4 is 5.73 Å². The summed E-state index contributed by atoms with van der Waals surface area (Å²) in [6.07, 6.45) is 2.12. The van der Waals surface area contributed by atoms with E-state index in [1.54, 1.807) is 0 Å². The SMILES string of the molecule is CC(C)CN.O=S(=O)(O)c1ccoc1. The second-order valence-electron chi connectivity index (χ2n) is 3.06. The van der Waals surface area contributed by atoms with Crippen molar-refractivity contribution in [3.8, 4) is 0 Å². The Bertz CT molecular complexity index is 328. The summed E-state index contributed by atoms with van der Waals surface area (Å²) in [5, 5.41) is 0. The smallest absolute Gasteiger partial charge is 0.297 e. The van der Waals surface area contributed by atoms with Gasteiger partial charge in [0.15, 0.2) is 0 Å². The lowest BCUT2D eigenvalue weighted by atomic mass is 10.2. The summed E-state index contributed by atoms with van der Waals surface area (Å²) in [6, 6.07) is 1.16. The number of furan rings is 1. The second kappa shape index (κ2) is 5.79. The van der Waals surface area contributed by atoms with Crippen LogP contribution in [0.15, 0.2) is 27.9 Å². The molecule has 0 unspecified atom stereocenters. The summed E-state index contributed by atoms with van der Waals surface area (Å²) in [6.45, 7) is 5.00. The fourth-order valence-corrected chi connectivity index (χ4v) is 0.803. The van der Waals surface area contributed by atoms with Crippen LogP contribution in [0.4, 0.5) is 0 Å². The fraction of sp³-hybridized carbons (Fsp3) is 0.500. The van der Waals surface area contributed by atoms with E-state index in [9.17, 15) is 8.42 Å². The van der Waals surface area contributed by atoms with Crippen LogP contribution in [0.5, 0.6) is 0 Å². The van der Waals surface area contributed by atoms with Crippen molar-refractivity contribution < 1.29 is 17.4 Å². The van der Waals surface area contributed by atoms with Gasteiger partial charge in [0.1, 0.15) is 11.2 Å². The average Bonchev–Trinajstić information content (AvgIpc) is 2.56. The van der Waals surface area contributed by atoms with E-state index in [-0.39, 0.29) is 4.90 Å². The van der Waals surface area contributed by atoms with Gasteiger partial charge < -0.3 is 10.2 Å². The van der Waals surface area contributed by atoms with E-state index in [0.29, 0.717) is 5.92 Å². The molecule has 0 atom stereocenters. The first-order chi connectivity index (χ1) is 6.38. The first-order valence-corrected chi connectivity index (χ1v) is 5.51. The van der Waals surface area contributed by atoms with Crippen molar-refractivity contribution in [3.63, 3.8) is 0 Å². The Hall–Kier alpha value is -0.850. The summed E-state index contributed by atoms with van der Waals surface area (Å²) in [5.41, 5.74) is 5.17. The third-order valence-corrected chi connectivity index (χ3v) is 2.09. The van der Waals surface area contributed by atoms with E-state index in [2.05, 4.69) is 18.3 Å². The van der Waals surface area contributed by atoms with Crippen molar-refractivity contribution in [2.45, 2.75) is 18.7 Å². The van der Waals surface area contributed by atoms with Crippen LogP contribution in [0.3, 0.4) is 0 Å². The number of nitrogens with two attached hydrogens (primary N) is 1. The molecule has 3 N–H and O–H groups in total. The second-order valence-corrected chi connectivity index (χ2v) is 4.49. The average molecular weight is 221 g/mol. The van der Waals surface area contributed by atoms with Gasteiger partial charge in [-0.25, -0.2) is 0 Å². The van der Waals surface area contributed by atoms with Crippen molar-refractivity contribution in [1.29, 1.82) is 0 Å². The van der Waals surface area contributed by atoms with E-state index in [1.165, 1.54) is 6.26 Å². The first kappa shape index (κ1) is 13.2. The van der Waals surface area contributed by atoms with E-state index >= 15 is 0 Å². The minimum Gasteiger partial charge on any atom is -0.471 e. The van der Waals surface area contributed by atoms with E-state index in [1.807, 2.05) is 0 Å². The van der Waals surface area contributed by atoms with Crippen LogP contribution >= 0.6 is 0 Å². The highest BCUT2D eigenvalue weighted by Gasteiger charge is 2.08. The minimum atomic E-state index is -4.05. The molecule has 0 aromatic carbocycles. The largest absolute Gasteiger partial charge is 0.471 e. The number of hydrogen-bond acceptors (Lipinski definition) is 4. The predicted octanol–water partition coefficient (Wildman–Crippen LogP) is 1.13. The van der Waals surface area contributed by atoms with Gasteiger partial charge >= 0.3 is 0 Å². The molecule has 82 valence electrons. The van der Waals surface area contributed by atoms with Gasteiger partial charge in [-0.3, -0.25) is 4.55 Å². The first-order valence-electron chi connectivity index (χ1n) is 4.07. The van der Waals surface area contributed by atoms with Gasteiger partial charge in [-0.15, -0.1) is 0 Å². The monoisotopic (exact) mass is 221 g/mol. The molecule has 14 heavy (non-hydrogen) atoms. The molecule has 0 aliphatic heterocycles. The van der Waals surface area contributed by atoms with E-state index < -0.39 is 10.1 Å². The maximum absolute atomic E-state index is 10.2. The van der Waals surface area contributed by atoms with Gasteiger partial charge in [0.2, 0.25) is 0 Å². The minimum absolute atomic E-state index is 0.220. The molecular formula is C8H15NO4S. The molecule has 0 aliphatic rings. The summed E-state index contributed by atoms with van der Waals surface area (Å²) in [5.74, 6) is 0.662. The number of rotatable bonds is 2. The Balaban J connectivity index is 0.000000292. The lowest BCUT2D eigenvalue weighted by Crippen LogP contribution is -2.05. The normalized spacial score (nSPS) is 10.9. The van der Waals surface area contributed by atoms with Gasteiger partial charge in [-0.05, 0) is 18.5 Å². The number of hydrogen-bond donors (Lipinski definition) is 2. The zero-order valence-electron chi connectivity index (χ0n) is 8.17. The summed E-state index contributed by atoms with van der Waals surface area (Å²) >= 11 is 0. The van der Waals surface area contributed by atoms with Crippen LogP contribution in [0, 0.1) is 5.92 Å². The Morgan fingerprint density at radius 3 is 2.21 bits per heavy atom. The molecule has 0 spiro atoms. The van der Waals surface area contributed by atoms with Crippen molar-refractivity contribution in [2.75, 3.05) is 6.54 Å². The Morgan fingerprint density at radius 1 is 1.57 bits per heavy atom. The third-order valence-electron chi connectivity index (χ3n) is 1.26. The summed E-state index contributed by atoms with van der Waals surface area (Å²) in [7, 11) is -4.05. The third kappa shape index (κ3) is 5.74. The maximum Gasteiger partial charge on any atom is 0.297 e. The predicted molar refractivity (Wildman–Crippen MR) is 52.4 cm³/mol. The Morgan fingerprint density at radius 2 is 2.07 bits per heavy atom. The molecule has 1 heterocycles. The van der Waals surface area contributed by atoms with E-state index in [0.717, 1.165) is 18.9 Å². The lowest BCUT2D eigenvalue weighted by molar-refractivity contribution is 0.480. The topological polar surface area (TPSA) is 93.5 Å². The molecule has 0 bridgehead atoms. The molecule has 5 nitrogen and oxygen atoms in total. The molecule has 0 fully saturated rings. The molecule has 0 aliphatic carbocycles. The van der Waals surface area contributed by atoms with Crippen LogP contribution in [0.25, 0.3) is 0 Å². The van der Waals surface area contributed by atoms with E-state index in [4.69, 9.17) is 10.3 Å². The summed E-state index contributed by atoms with van der Waals surface area (Å²) in [4.78, 5) is -0.220. The van der Waals surface area contributed by atoms with Gasteiger partial charge in [-0.2, -0.15) is 8.42 Å². The standard InChI is InChI=1S/C4H11N.C4H4O4S/c1-4(2)3-5;5-9(6,7)4-1-2-8-3-4/h4H,3,5H2,1-2H3;1-3H,(H,5,6,7). The fourth-order valence-electron chi connectivity index (χ4n) is 0.399. The summed E-state index contributed by atoms with van der Waals surface area (Å²) < 4.78 is 33.1. The van der Waals surface area contributed by atoms with Crippen LogP contribution in [-0.2, 0) is 10.1 Å². The van der Waals surface area contributed by atoms with Gasteiger partial charge in [0.25, 0.3) is 10.1 Å². The highest BCUT2D eigenvalue weighted by atomic mass is 32.2. The molecule has 6 heteroatoms. The van der Waals surface area contributed by atoms with Crippen molar-refractivity contribution >= 4 is 10.1 Å². The van der Waals surface area contributed by atoms with Gasteiger partial charge in [-0.1, -0.05) is 13.8 Å². The molecule has 1 aromatic heterocycles. The molecule has 0 amide bonds. The van der Waals surface area contributed by atoms with Crippen LogP contribution in [0.2, 0.25) is 0 Å². The van der Waals surface area contributed by atoms with Crippen molar-refractivity contribution in [2.24, 2.45) is 11.7 Å². The highest BCUT2D eigenvalue weighted by Crippen LogP contribution is 2.06. The zero-order chi connectivity index (χ0) is 11.2. The maximum atomic E-state index is 10.2. The van der Waals surface area contributed by atoms with Crippen LogP contribution in [0.1, 0.15) is 13.8 Å². The van der Waals surface area contributed by atoms with Gasteiger partial charge in [0.05, 0.1) is 6.26 Å². The molecular weight excluding hydrogens is 206 g/mol. The quantitative estimate of drug-likeness (QED) is 0.730. The van der Waals surface area contributed by atoms with Crippen molar-refractivity contribution in [3.05, 3.63) is 18.6 Å². The Kier molecular flexibility index (Phi) is 5.44. The van der Waals surface area contributed by atoms with Gasteiger partial charge in [0, 0.05) is 0 Å². The highest BCUT2D eigenvalue weighted by molar-refractivity contribution is 7.85. The molecule has 0 radical (unpaired) electrons. The molecule has 1 aromatic rings. The van der Waals surface area contributed by atoms with Crippen LogP contribution in [-0.4, -0.2) is 19.5 Å². The van der Waals surface area contributed by atoms with Crippen molar-refractivity contribution in [1.82, 2.24) is 0 Å². The molecule has 1 rings (SSSR count). The zero-order valence-corrected chi connectivity index (χ0v) is 8.99. The molecule has 0 saturated carbocycles. The lowest BCUT2D eigenvalue weighted by Gasteiger charge is -1.91. The Labute approximate surface area is 83.7 Å².